The van der Waals surface area contributed by atoms with Crippen LogP contribution >= 0.6 is 31.4 Å². The molecule has 12 heavy (non-hydrogen) atoms. The lowest BCUT2D eigenvalue weighted by Gasteiger charge is -1.93. The number of hydrogen-bond acceptors (Lipinski definition) is 5. The van der Waals surface area contributed by atoms with E-state index in [0.717, 1.165) is 17.2 Å². The molecule has 0 spiro atoms. The Hall–Kier alpha value is 0.330. The topological polar surface area (TPSA) is 34.2 Å². The first kappa shape index (κ1) is 10.4. The number of rotatable bonds is 5. The molecule has 68 valence electrons. The summed E-state index contributed by atoms with van der Waals surface area (Å²) in [5, 5.41) is 6.17. The Bertz CT molecular complexity index is 231. The van der Waals surface area contributed by atoms with Crippen molar-refractivity contribution >= 4 is 31.4 Å². The predicted molar refractivity (Wildman–Crippen MR) is 57.0 cm³/mol. The van der Waals surface area contributed by atoms with Crippen molar-refractivity contribution < 1.29 is 4.18 Å². The molecular formula is C6H11N2OPS2. The zero-order valence-corrected chi connectivity index (χ0v) is 9.53. The molecule has 1 N–H and O–H groups in total. The first-order valence-corrected chi connectivity index (χ1v) is 6.53. The second-order valence-corrected chi connectivity index (χ2v) is 4.07. The molecule has 0 aromatic carbocycles. The Balaban J connectivity index is 2.41. The molecule has 0 saturated heterocycles. The number of thiazole rings is 1. The van der Waals surface area contributed by atoms with Gasteiger partial charge in [-0.1, -0.05) is 0 Å². The van der Waals surface area contributed by atoms with E-state index in [4.69, 9.17) is 4.18 Å². The van der Waals surface area contributed by atoms with E-state index in [1.807, 2.05) is 12.4 Å². The van der Waals surface area contributed by atoms with Gasteiger partial charge in [-0.2, -0.15) is 0 Å². The summed E-state index contributed by atoms with van der Waals surface area (Å²) in [7, 11) is 4.35. The Morgan fingerprint density at radius 1 is 1.83 bits per heavy atom. The van der Waals surface area contributed by atoms with Crippen molar-refractivity contribution in [2.24, 2.45) is 0 Å². The highest BCUT2D eigenvalue weighted by molar-refractivity contribution is 8.40. The zero-order chi connectivity index (χ0) is 8.81. The van der Waals surface area contributed by atoms with Gasteiger partial charge >= 0.3 is 0 Å². The second-order valence-electron chi connectivity index (χ2n) is 2.12. The summed E-state index contributed by atoms with van der Waals surface area (Å²) in [5.41, 5.74) is 1.00. The molecule has 1 unspecified atom stereocenters. The van der Waals surface area contributed by atoms with Gasteiger partial charge < -0.3 is 9.50 Å². The predicted octanol–water partition coefficient (Wildman–Crippen LogP) is 1.82. The number of aromatic nitrogens is 1. The van der Waals surface area contributed by atoms with Gasteiger partial charge in [0.1, 0.15) is 11.6 Å². The van der Waals surface area contributed by atoms with Gasteiger partial charge in [-0.15, -0.1) is 11.3 Å². The highest BCUT2D eigenvalue weighted by atomic mass is 32.7. The average Bonchev–Trinajstić information content (AvgIpc) is 2.50. The van der Waals surface area contributed by atoms with Crippen LogP contribution in [0.5, 0.6) is 0 Å². The summed E-state index contributed by atoms with van der Waals surface area (Å²) in [6.45, 7) is 1.41. The second kappa shape index (κ2) is 5.89. The van der Waals surface area contributed by atoms with E-state index in [1.165, 1.54) is 11.7 Å². The van der Waals surface area contributed by atoms with Crippen LogP contribution in [-0.4, -0.2) is 12.0 Å². The maximum Gasteiger partial charge on any atom is 0.107 e. The van der Waals surface area contributed by atoms with Crippen LogP contribution in [0.2, 0.25) is 0 Å². The van der Waals surface area contributed by atoms with Crippen LogP contribution in [0.1, 0.15) is 10.7 Å². The standard InChI is InChI=1S/C6H11N2OPS2/c1-7-2-6-8-5(4-11-6)3-9-12-10/h4,7H,2-3,10H2,1H3. The van der Waals surface area contributed by atoms with Crippen LogP contribution in [0.15, 0.2) is 5.38 Å². The fourth-order valence-electron chi connectivity index (χ4n) is 0.742. The maximum absolute atomic E-state index is 5.11. The molecule has 1 aromatic rings. The van der Waals surface area contributed by atoms with Crippen molar-refractivity contribution in [2.75, 3.05) is 7.05 Å². The summed E-state index contributed by atoms with van der Waals surface area (Å²) in [6, 6.07) is 0. The summed E-state index contributed by atoms with van der Waals surface area (Å²) in [6.07, 6.45) is 0. The molecule has 0 fully saturated rings. The van der Waals surface area contributed by atoms with Gasteiger partial charge in [0.15, 0.2) is 0 Å². The summed E-state index contributed by atoms with van der Waals surface area (Å²) < 4.78 is 5.11. The third kappa shape index (κ3) is 3.37. The Kier molecular flexibility index (Phi) is 5.11. The highest BCUT2D eigenvalue weighted by Gasteiger charge is 2.00. The number of hydrogen-bond donors (Lipinski definition) is 1. The van der Waals surface area contributed by atoms with Gasteiger partial charge in [0.2, 0.25) is 0 Å². The first-order chi connectivity index (χ1) is 5.86. The van der Waals surface area contributed by atoms with Gasteiger partial charge in [0, 0.05) is 23.6 Å². The lowest BCUT2D eigenvalue weighted by atomic mass is 10.5. The third-order valence-corrected chi connectivity index (χ3v) is 2.76. The zero-order valence-electron chi connectivity index (χ0n) is 6.74. The molecule has 3 nitrogen and oxygen atoms in total. The van der Waals surface area contributed by atoms with Crippen molar-refractivity contribution in [3.63, 3.8) is 0 Å². The van der Waals surface area contributed by atoms with Crippen LogP contribution in [0.25, 0.3) is 0 Å². The van der Waals surface area contributed by atoms with Crippen LogP contribution in [0.3, 0.4) is 0 Å². The molecule has 0 saturated carbocycles. The van der Waals surface area contributed by atoms with Crippen LogP contribution in [0.4, 0.5) is 0 Å². The van der Waals surface area contributed by atoms with E-state index in [0.29, 0.717) is 6.61 Å². The van der Waals surface area contributed by atoms with E-state index in [-0.39, 0.29) is 0 Å². The van der Waals surface area contributed by atoms with Gasteiger partial charge in [0.25, 0.3) is 0 Å². The maximum atomic E-state index is 5.11. The number of nitrogens with one attached hydrogen (secondary N) is 1. The first-order valence-electron chi connectivity index (χ1n) is 3.43. The normalized spacial score (nSPS) is 10.5. The monoisotopic (exact) mass is 222 g/mol. The van der Waals surface area contributed by atoms with E-state index < -0.39 is 0 Å². The lowest BCUT2D eigenvalue weighted by Crippen LogP contribution is -2.04. The largest absolute Gasteiger partial charge is 0.314 e. The molecule has 0 aliphatic heterocycles. The van der Waals surface area contributed by atoms with Gasteiger partial charge in [-0.25, -0.2) is 4.98 Å². The van der Waals surface area contributed by atoms with Crippen molar-refractivity contribution in [1.29, 1.82) is 0 Å². The van der Waals surface area contributed by atoms with Crippen molar-refractivity contribution in [2.45, 2.75) is 13.2 Å². The summed E-state index contributed by atoms with van der Waals surface area (Å²) >= 11 is 2.94. The SMILES string of the molecule is CNCc1nc(COSP)cs1. The van der Waals surface area contributed by atoms with E-state index >= 15 is 0 Å². The van der Waals surface area contributed by atoms with Crippen molar-refractivity contribution in [3.8, 4) is 0 Å². The van der Waals surface area contributed by atoms with Gasteiger partial charge in [-0.3, -0.25) is 0 Å². The Morgan fingerprint density at radius 2 is 2.67 bits per heavy atom. The Morgan fingerprint density at radius 3 is 3.33 bits per heavy atom. The third-order valence-electron chi connectivity index (χ3n) is 1.20. The van der Waals surface area contributed by atoms with Crippen LogP contribution < -0.4 is 5.32 Å². The molecular weight excluding hydrogens is 211 g/mol. The molecule has 1 aromatic heterocycles. The fourth-order valence-corrected chi connectivity index (χ4v) is 1.93. The molecule has 6 heteroatoms. The van der Waals surface area contributed by atoms with E-state index in [2.05, 4.69) is 18.7 Å². The minimum atomic E-state index is 0.578. The number of nitrogens with zero attached hydrogens (tertiary/aromatic N) is 1. The smallest absolute Gasteiger partial charge is 0.107 e. The van der Waals surface area contributed by atoms with Crippen molar-refractivity contribution in [1.82, 2.24) is 10.3 Å². The average molecular weight is 222 g/mol. The molecule has 0 amide bonds. The van der Waals surface area contributed by atoms with Gasteiger partial charge in [-0.05, 0) is 15.5 Å². The van der Waals surface area contributed by atoms with Crippen molar-refractivity contribution in [3.05, 3.63) is 16.1 Å². The molecule has 1 heterocycles. The minimum Gasteiger partial charge on any atom is -0.314 e. The quantitative estimate of drug-likeness (QED) is 0.608. The summed E-state index contributed by atoms with van der Waals surface area (Å²) in [4.78, 5) is 4.35. The molecule has 0 aliphatic rings. The Labute approximate surface area is 82.5 Å². The van der Waals surface area contributed by atoms with Crippen LogP contribution in [0, 0.1) is 0 Å². The molecule has 1 atom stereocenters. The minimum absolute atomic E-state index is 0.578. The van der Waals surface area contributed by atoms with Crippen LogP contribution in [-0.2, 0) is 17.3 Å². The summed E-state index contributed by atoms with van der Waals surface area (Å²) in [5.74, 6) is 0. The molecule has 0 bridgehead atoms. The highest BCUT2D eigenvalue weighted by Crippen LogP contribution is 2.16. The fraction of sp³-hybridized carbons (Fsp3) is 0.500. The van der Waals surface area contributed by atoms with Gasteiger partial charge in [0.05, 0.1) is 5.69 Å². The van der Waals surface area contributed by atoms with E-state index in [1.54, 1.807) is 11.3 Å². The van der Waals surface area contributed by atoms with E-state index in [9.17, 15) is 0 Å². The lowest BCUT2D eigenvalue weighted by molar-refractivity contribution is 0.364. The molecule has 1 rings (SSSR count). The molecule has 0 radical (unpaired) electrons. The molecule has 0 aliphatic carbocycles.